The fraction of sp³-hybridized carbons (Fsp3) is 0. The number of hydrogen-bond donors (Lipinski definition) is 3. The molecule has 12 heteroatoms. The van der Waals surface area contributed by atoms with Crippen LogP contribution >= 0.6 is 22.9 Å². The number of carbonyl (C=O) groups is 3. The second-order valence-electron chi connectivity index (χ2n) is 5.84. The van der Waals surface area contributed by atoms with Crippen LogP contribution in [0.15, 0.2) is 42.5 Å². The number of benzene rings is 2. The van der Waals surface area contributed by atoms with Crippen molar-refractivity contribution in [2.45, 2.75) is 0 Å². The molecule has 7 nitrogen and oxygen atoms in total. The number of hydrogen-bond acceptors (Lipinski definition) is 5. The quantitative estimate of drug-likeness (QED) is 0.345. The third kappa shape index (κ3) is 5.32. The Morgan fingerprint density at radius 3 is 2.29 bits per heavy atom. The lowest BCUT2D eigenvalue weighted by Gasteiger charge is -2.08. The number of halogens is 4. The largest absolute Gasteiger partial charge is 0.512 e. The smallest absolute Gasteiger partial charge is 0.449 e. The van der Waals surface area contributed by atoms with Crippen LogP contribution in [0.5, 0.6) is 5.06 Å². The molecule has 0 spiro atoms. The van der Waals surface area contributed by atoms with Crippen LogP contribution in [0.3, 0.4) is 0 Å². The van der Waals surface area contributed by atoms with Gasteiger partial charge >= 0.3 is 12.2 Å². The van der Waals surface area contributed by atoms with Crippen molar-refractivity contribution in [2.75, 3.05) is 5.32 Å². The summed E-state index contributed by atoms with van der Waals surface area (Å²) in [6.45, 7) is 0. The van der Waals surface area contributed by atoms with Crippen molar-refractivity contribution in [3.63, 3.8) is 0 Å². The van der Waals surface area contributed by atoms with Gasteiger partial charge in [-0.2, -0.15) is 0 Å². The summed E-state index contributed by atoms with van der Waals surface area (Å²) in [6.07, 6.45) is -1.65. The van der Waals surface area contributed by atoms with Gasteiger partial charge in [-0.15, -0.1) is 0 Å². The van der Waals surface area contributed by atoms with E-state index in [1.54, 1.807) is 0 Å². The summed E-state index contributed by atoms with van der Waals surface area (Å²) < 4.78 is 44.2. The second-order valence-corrected chi connectivity index (χ2v) is 7.26. The second kappa shape index (κ2) is 9.06. The maximum absolute atomic E-state index is 13.4. The molecule has 0 aliphatic carbocycles. The molecule has 3 N–H and O–H groups in total. The predicted molar refractivity (Wildman–Crippen MR) is 106 cm³/mol. The molecule has 0 saturated carbocycles. The van der Waals surface area contributed by atoms with E-state index < -0.39 is 46.1 Å². The molecule has 1 aromatic heterocycles. The molecule has 0 saturated heterocycles. The minimum atomic E-state index is -1.65. The first kappa shape index (κ1) is 22.1. The molecule has 0 fully saturated rings. The minimum Gasteiger partial charge on any atom is -0.449 e. The number of nitrogens with one attached hydrogen (secondary N) is 2. The number of ether oxygens (including phenoxy) is 1. The topological polar surface area (TPSA) is 105 Å². The van der Waals surface area contributed by atoms with Crippen LogP contribution in [0.2, 0.25) is 5.02 Å². The summed E-state index contributed by atoms with van der Waals surface area (Å²) in [4.78, 5) is 35.7. The van der Waals surface area contributed by atoms with Gasteiger partial charge in [0, 0.05) is 4.88 Å². The Labute approximate surface area is 181 Å². The van der Waals surface area contributed by atoms with Gasteiger partial charge in [-0.05, 0) is 35.9 Å². The van der Waals surface area contributed by atoms with Gasteiger partial charge in [0.2, 0.25) is 5.06 Å². The first-order valence-electron chi connectivity index (χ1n) is 8.21. The Hall–Kier alpha value is -3.57. The van der Waals surface area contributed by atoms with Crippen LogP contribution < -0.4 is 15.4 Å². The van der Waals surface area contributed by atoms with Crippen molar-refractivity contribution in [3.8, 4) is 15.5 Å². The van der Waals surface area contributed by atoms with Gasteiger partial charge in [0.25, 0.3) is 5.91 Å². The van der Waals surface area contributed by atoms with Crippen molar-refractivity contribution < 1.29 is 37.4 Å². The van der Waals surface area contributed by atoms with Gasteiger partial charge in [-0.1, -0.05) is 35.1 Å². The van der Waals surface area contributed by atoms with E-state index in [4.69, 9.17) is 16.7 Å². The highest BCUT2D eigenvalue weighted by atomic mass is 35.5. The van der Waals surface area contributed by atoms with Crippen molar-refractivity contribution in [2.24, 2.45) is 0 Å². The van der Waals surface area contributed by atoms with Gasteiger partial charge in [-0.25, -0.2) is 22.8 Å². The number of carboxylic acid groups (broad SMARTS) is 1. The van der Waals surface area contributed by atoms with Gasteiger partial charge < -0.3 is 15.2 Å². The highest BCUT2D eigenvalue weighted by molar-refractivity contribution is 7.18. The number of amides is 3. The summed E-state index contributed by atoms with van der Waals surface area (Å²) in [5, 5.41) is 12.3. The lowest BCUT2D eigenvalue weighted by atomic mass is 10.2. The van der Waals surface area contributed by atoms with E-state index in [9.17, 15) is 27.6 Å². The maximum Gasteiger partial charge on any atom is 0.512 e. The maximum atomic E-state index is 13.4. The van der Waals surface area contributed by atoms with Crippen LogP contribution in [0.4, 0.5) is 28.4 Å². The average molecular weight is 471 g/mol. The molecule has 0 radical (unpaired) electrons. The highest BCUT2D eigenvalue weighted by Crippen LogP contribution is 2.41. The molecular weight excluding hydrogens is 461 g/mol. The number of urea groups is 1. The highest BCUT2D eigenvalue weighted by Gasteiger charge is 2.20. The zero-order chi connectivity index (χ0) is 22.7. The minimum absolute atomic E-state index is 0.103. The van der Waals surface area contributed by atoms with Crippen LogP contribution in [0.1, 0.15) is 10.4 Å². The molecule has 0 unspecified atom stereocenters. The first-order chi connectivity index (χ1) is 14.6. The first-order valence-corrected chi connectivity index (χ1v) is 9.41. The monoisotopic (exact) mass is 470 g/mol. The van der Waals surface area contributed by atoms with E-state index in [0.29, 0.717) is 22.6 Å². The number of rotatable bonds is 4. The SMILES string of the molecule is O=C(NC(=O)c1cc(F)c(F)cc1Cl)Nc1cc(-c2ccc(F)cc2)sc1OC(=O)O. The number of anilines is 1. The van der Waals surface area contributed by atoms with E-state index in [2.05, 4.69) is 10.1 Å². The molecule has 3 amide bonds. The molecule has 0 aliphatic heterocycles. The van der Waals surface area contributed by atoms with Crippen molar-refractivity contribution in [1.29, 1.82) is 0 Å². The fourth-order valence-electron chi connectivity index (χ4n) is 2.39. The molecule has 2 aromatic carbocycles. The van der Waals surface area contributed by atoms with Gasteiger partial charge in [0.05, 0.1) is 16.3 Å². The Morgan fingerprint density at radius 1 is 1.00 bits per heavy atom. The van der Waals surface area contributed by atoms with Crippen molar-refractivity contribution >= 4 is 46.7 Å². The van der Waals surface area contributed by atoms with Crippen LogP contribution in [0, 0.1) is 17.5 Å². The zero-order valence-corrected chi connectivity index (χ0v) is 16.6. The molecule has 160 valence electrons. The summed E-state index contributed by atoms with van der Waals surface area (Å²) in [6, 6.07) is 6.59. The Morgan fingerprint density at radius 2 is 1.65 bits per heavy atom. The summed E-state index contributed by atoms with van der Waals surface area (Å²) in [7, 11) is 0. The lowest BCUT2D eigenvalue weighted by molar-refractivity contribution is 0.0966. The molecule has 0 bridgehead atoms. The molecule has 1 heterocycles. The van der Waals surface area contributed by atoms with Gasteiger partial charge in [0.1, 0.15) is 5.82 Å². The molecule has 31 heavy (non-hydrogen) atoms. The normalized spacial score (nSPS) is 10.5. The third-order valence-corrected chi connectivity index (χ3v) is 5.11. The summed E-state index contributed by atoms with van der Waals surface area (Å²) in [5.74, 6) is -4.22. The summed E-state index contributed by atoms with van der Waals surface area (Å²) in [5.41, 5.74) is -0.0804. The Bertz CT molecular complexity index is 1180. The third-order valence-electron chi connectivity index (χ3n) is 3.74. The van der Waals surface area contributed by atoms with E-state index in [1.807, 2.05) is 5.32 Å². The molecule has 0 aliphatic rings. The number of imide groups is 1. The van der Waals surface area contributed by atoms with Gasteiger partial charge in [-0.3, -0.25) is 10.1 Å². The van der Waals surface area contributed by atoms with E-state index in [0.717, 1.165) is 11.3 Å². The van der Waals surface area contributed by atoms with Crippen LogP contribution in [-0.4, -0.2) is 23.2 Å². The Kier molecular flexibility index (Phi) is 6.47. The van der Waals surface area contributed by atoms with Crippen LogP contribution in [-0.2, 0) is 0 Å². The van der Waals surface area contributed by atoms with E-state index in [-0.39, 0.29) is 10.8 Å². The van der Waals surface area contributed by atoms with Crippen LogP contribution in [0.25, 0.3) is 10.4 Å². The fourth-order valence-corrected chi connectivity index (χ4v) is 3.59. The van der Waals surface area contributed by atoms with E-state index >= 15 is 0 Å². The molecule has 3 rings (SSSR count). The lowest BCUT2D eigenvalue weighted by Crippen LogP contribution is -2.34. The number of thiophene rings is 1. The predicted octanol–water partition coefficient (Wildman–Crippen LogP) is 5.50. The van der Waals surface area contributed by atoms with Crippen molar-refractivity contribution in [3.05, 3.63) is 70.5 Å². The zero-order valence-electron chi connectivity index (χ0n) is 15.0. The van der Waals surface area contributed by atoms with Gasteiger partial charge in [0.15, 0.2) is 11.6 Å². The molecule has 0 atom stereocenters. The molecular formula is C19H10ClF3N2O5S. The summed E-state index contributed by atoms with van der Waals surface area (Å²) >= 11 is 6.54. The molecule has 3 aromatic rings. The van der Waals surface area contributed by atoms with Crippen molar-refractivity contribution in [1.82, 2.24) is 5.32 Å². The average Bonchev–Trinajstić information content (AvgIpc) is 3.06. The standard InChI is InChI=1S/C19H10ClF3N2O5S/c20-11-6-13(23)12(22)5-10(11)16(26)25-18(27)24-14-7-15(31-17(14)30-19(28)29)8-1-3-9(21)4-2-8/h1-7H,(H,28,29)(H2,24,25,26,27). The Balaban J connectivity index is 1.81. The number of carbonyl (C=O) groups excluding carboxylic acids is 2. The van der Waals surface area contributed by atoms with E-state index in [1.165, 1.54) is 30.3 Å².